The highest BCUT2D eigenvalue weighted by atomic mass is 16.2. The number of nitrogens with one attached hydrogen (secondary N) is 1. The minimum Gasteiger partial charge on any atom is -0.325 e. The molecule has 2 unspecified atom stereocenters. The summed E-state index contributed by atoms with van der Waals surface area (Å²) in [7, 11) is 0. The summed E-state index contributed by atoms with van der Waals surface area (Å²) in [5.74, 6) is 0.902. The number of benzene rings is 1. The van der Waals surface area contributed by atoms with Crippen LogP contribution in [0, 0.1) is 11.8 Å². The Morgan fingerprint density at radius 2 is 1.67 bits per heavy atom. The first-order chi connectivity index (χ1) is 8.58. The molecule has 0 saturated carbocycles. The van der Waals surface area contributed by atoms with E-state index in [1.807, 2.05) is 18.2 Å². The maximum absolute atomic E-state index is 12.6. The third kappa shape index (κ3) is 1.58. The van der Waals surface area contributed by atoms with E-state index in [2.05, 4.69) is 39.1 Å². The third-order valence-corrected chi connectivity index (χ3v) is 4.78. The number of hydrogen-bond acceptors (Lipinski definition) is 1. The van der Waals surface area contributed by atoms with Crippen molar-refractivity contribution in [3.8, 4) is 0 Å². The van der Waals surface area contributed by atoms with E-state index in [4.69, 9.17) is 0 Å². The van der Waals surface area contributed by atoms with Crippen LogP contribution in [0.1, 0.15) is 46.1 Å². The zero-order valence-corrected chi connectivity index (χ0v) is 11.8. The molecule has 0 radical (unpaired) electrons. The number of anilines is 1. The number of hydrogen-bond donors (Lipinski definition) is 1. The van der Waals surface area contributed by atoms with Crippen molar-refractivity contribution < 1.29 is 4.79 Å². The van der Waals surface area contributed by atoms with Crippen molar-refractivity contribution in [2.24, 2.45) is 11.8 Å². The molecule has 1 amide bonds. The molecule has 0 aliphatic carbocycles. The van der Waals surface area contributed by atoms with E-state index in [1.54, 1.807) is 0 Å². The molecule has 2 atom stereocenters. The van der Waals surface area contributed by atoms with Gasteiger partial charge in [-0.15, -0.1) is 0 Å². The van der Waals surface area contributed by atoms with Gasteiger partial charge >= 0.3 is 0 Å². The van der Waals surface area contributed by atoms with Crippen LogP contribution in [0.15, 0.2) is 24.3 Å². The van der Waals surface area contributed by atoms with E-state index in [0.29, 0.717) is 11.8 Å². The van der Waals surface area contributed by atoms with Gasteiger partial charge in [-0.3, -0.25) is 4.79 Å². The van der Waals surface area contributed by atoms with Crippen LogP contribution in [-0.2, 0) is 10.2 Å². The first kappa shape index (κ1) is 13.1. The molecule has 1 aliphatic heterocycles. The summed E-state index contributed by atoms with van der Waals surface area (Å²) in [6, 6.07) is 8.16. The Morgan fingerprint density at radius 3 is 2.22 bits per heavy atom. The van der Waals surface area contributed by atoms with Crippen molar-refractivity contribution in [3.63, 3.8) is 0 Å². The summed E-state index contributed by atoms with van der Waals surface area (Å²) in [6.45, 7) is 8.74. The maximum atomic E-state index is 12.6. The van der Waals surface area contributed by atoms with E-state index in [-0.39, 0.29) is 11.3 Å². The molecule has 98 valence electrons. The van der Waals surface area contributed by atoms with Crippen LogP contribution in [0.3, 0.4) is 0 Å². The summed E-state index contributed by atoms with van der Waals surface area (Å²) in [5, 5.41) is 3.08. The van der Waals surface area contributed by atoms with Crippen LogP contribution in [0.5, 0.6) is 0 Å². The summed E-state index contributed by atoms with van der Waals surface area (Å²) < 4.78 is 0. The molecule has 2 nitrogen and oxygen atoms in total. The fraction of sp³-hybridized carbons (Fsp3) is 0.562. The lowest BCUT2D eigenvalue weighted by Crippen LogP contribution is -2.46. The fourth-order valence-electron chi connectivity index (χ4n) is 3.41. The molecular formula is C16H23NO. The first-order valence-electron chi connectivity index (χ1n) is 6.99. The topological polar surface area (TPSA) is 29.1 Å². The van der Waals surface area contributed by atoms with E-state index >= 15 is 0 Å². The lowest BCUT2D eigenvalue weighted by molar-refractivity contribution is -0.124. The second-order valence-electron chi connectivity index (χ2n) is 5.49. The van der Waals surface area contributed by atoms with Crippen LogP contribution in [0.25, 0.3) is 0 Å². The first-order valence-corrected chi connectivity index (χ1v) is 6.99. The molecule has 0 fully saturated rings. The van der Waals surface area contributed by atoms with Gasteiger partial charge in [0.25, 0.3) is 0 Å². The molecule has 1 aromatic carbocycles. The monoisotopic (exact) mass is 245 g/mol. The molecule has 1 N–H and O–H groups in total. The van der Waals surface area contributed by atoms with Crippen LogP contribution < -0.4 is 5.32 Å². The van der Waals surface area contributed by atoms with Gasteiger partial charge < -0.3 is 5.32 Å². The second kappa shape index (κ2) is 4.75. The molecule has 18 heavy (non-hydrogen) atoms. The number of fused-ring (bicyclic) bond motifs is 1. The lowest BCUT2D eigenvalue weighted by Gasteiger charge is -2.38. The molecule has 0 saturated heterocycles. The quantitative estimate of drug-likeness (QED) is 0.854. The van der Waals surface area contributed by atoms with Crippen LogP contribution in [-0.4, -0.2) is 5.91 Å². The standard InChI is InChI=1S/C16H23NO/c1-5-11(3)16(12(4)6-2)13-9-7-8-10-14(13)17-15(16)18/h7-12H,5-6H2,1-4H3,(H,17,18). The van der Waals surface area contributed by atoms with Crippen LogP contribution in [0.2, 0.25) is 0 Å². The van der Waals surface area contributed by atoms with E-state index < -0.39 is 0 Å². The van der Waals surface area contributed by atoms with Gasteiger partial charge in [0.15, 0.2) is 0 Å². The van der Waals surface area contributed by atoms with Crippen molar-refractivity contribution in [3.05, 3.63) is 29.8 Å². The predicted octanol–water partition coefficient (Wildman–Crippen LogP) is 3.97. The number of rotatable bonds is 4. The summed E-state index contributed by atoms with van der Waals surface area (Å²) in [6.07, 6.45) is 2.04. The second-order valence-corrected chi connectivity index (χ2v) is 5.49. The zero-order chi connectivity index (χ0) is 13.3. The van der Waals surface area contributed by atoms with E-state index in [0.717, 1.165) is 18.5 Å². The Labute approximate surface area is 110 Å². The molecule has 1 aromatic rings. The Kier molecular flexibility index (Phi) is 3.47. The summed E-state index contributed by atoms with van der Waals surface area (Å²) in [5.41, 5.74) is 1.85. The summed E-state index contributed by atoms with van der Waals surface area (Å²) in [4.78, 5) is 12.6. The highest BCUT2D eigenvalue weighted by Crippen LogP contribution is 2.49. The van der Waals surface area contributed by atoms with Gasteiger partial charge in [0, 0.05) is 5.69 Å². The number of carbonyl (C=O) groups is 1. The Hall–Kier alpha value is -1.31. The number of para-hydroxylation sites is 1. The van der Waals surface area contributed by atoms with Crippen LogP contribution >= 0.6 is 0 Å². The molecule has 0 bridgehead atoms. The molecule has 1 aliphatic rings. The van der Waals surface area contributed by atoms with E-state index in [1.165, 1.54) is 5.56 Å². The van der Waals surface area contributed by atoms with Crippen LogP contribution in [0.4, 0.5) is 5.69 Å². The normalized spacial score (nSPS) is 25.4. The van der Waals surface area contributed by atoms with Crippen molar-refractivity contribution >= 4 is 11.6 Å². The SMILES string of the molecule is CCC(C)C1(C(C)CC)C(=O)Nc2ccccc21. The largest absolute Gasteiger partial charge is 0.325 e. The average Bonchev–Trinajstić information content (AvgIpc) is 2.70. The minimum atomic E-state index is -0.347. The number of carbonyl (C=O) groups excluding carboxylic acids is 1. The Bertz CT molecular complexity index is 442. The third-order valence-electron chi connectivity index (χ3n) is 4.78. The smallest absolute Gasteiger partial charge is 0.235 e. The highest BCUT2D eigenvalue weighted by Gasteiger charge is 2.52. The predicted molar refractivity (Wildman–Crippen MR) is 75.7 cm³/mol. The van der Waals surface area contributed by atoms with Gasteiger partial charge in [-0.25, -0.2) is 0 Å². The Morgan fingerprint density at radius 1 is 1.11 bits per heavy atom. The van der Waals surface area contributed by atoms with Crippen molar-refractivity contribution in [1.82, 2.24) is 0 Å². The molecule has 0 spiro atoms. The highest BCUT2D eigenvalue weighted by molar-refractivity contribution is 6.06. The minimum absolute atomic E-state index is 0.187. The zero-order valence-electron chi connectivity index (χ0n) is 11.8. The lowest BCUT2D eigenvalue weighted by atomic mass is 9.62. The van der Waals surface area contributed by atoms with Gasteiger partial charge in [-0.1, -0.05) is 58.7 Å². The van der Waals surface area contributed by atoms with E-state index in [9.17, 15) is 4.79 Å². The average molecular weight is 245 g/mol. The van der Waals surface area contributed by atoms with Gasteiger partial charge in [0.2, 0.25) is 5.91 Å². The van der Waals surface area contributed by atoms with Crippen molar-refractivity contribution in [2.75, 3.05) is 5.32 Å². The van der Waals surface area contributed by atoms with Gasteiger partial charge in [0.05, 0.1) is 5.41 Å². The van der Waals surface area contributed by atoms with Crippen molar-refractivity contribution in [1.29, 1.82) is 0 Å². The van der Waals surface area contributed by atoms with Crippen molar-refractivity contribution in [2.45, 2.75) is 46.0 Å². The summed E-state index contributed by atoms with van der Waals surface area (Å²) >= 11 is 0. The molecular weight excluding hydrogens is 222 g/mol. The maximum Gasteiger partial charge on any atom is 0.235 e. The molecule has 0 aromatic heterocycles. The Balaban J connectivity index is 2.63. The molecule has 2 heteroatoms. The molecule has 1 heterocycles. The number of amides is 1. The van der Waals surface area contributed by atoms with Gasteiger partial charge in [-0.05, 0) is 23.5 Å². The van der Waals surface area contributed by atoms with Gasteiger partial charge in [-0.2, -0.15) is 0 Å². The van der Waals surface area contributed by atoms with Gasteiger partial charge in [0.1, 0.15) is 0 Å². The molecule has 2 rings (SSSR count). The fourth-order valence-corrected chi connectivity index (χ4v) is 3.41.